The second-order valence-electron chi connectivity index (χ2n) is 4.79. The molecule has 2 aromatic rings. The number of aryl methyl sites for hydroxylation is 1. The molecule has 20 heavy (non-hydrogen) atoms. The fourth-order valence-corrected chi connectivity index (χ4v) is 2.54. The first-order valence-electron chi connectivity index (χ1n) is 6.28. The first-order valence-corrected chi connectivity index (χ1v) is 6.28. The third kappa shape index (κ3) is 1.79. The van der Waals surface area contributed by atoms with Gasteiger partial charge in [0.15, 0.2) is 5.76 Å². The van der Waals surface area contributed by atoms with E-state index in [2.05, 4.69) is 0 Å². The number of amides is 1. The predicted octanol–water partition coefficient (Wildman–Crippen LogP) is 2.24. The van der Waals surface area contributed by atoms with Crippen molar-refractivity contribution in [3.63, 3.8) is 0 Å². The summed E-state index contributed by atoms with van der Waals surface area (Å²) in [7, 11) is 0. The molecule has 102 valence electrons. The van der Waals surface area contributed by atoms with E-state index in [1.165, 1.54) is 11.2 Å². The van der Waals surface area contributed by atoms with Gasteiger partial charge < -0.3 is 9.52 Å². The second-order valence-corrected chi connectivity index (χ2v) is 4.79. The number of fused-ring (bicyclic) bond motifs is 1. The Hall–Kier alpha value is -2.56. The van der Waals surface area contributed by atoms with E-state index in [-0.39, 0.29) is 5.76 Å². The van der Waals surface area contributed by atoms with Crippen molar-refractivity contribution in [2.45, 2.75) is 19.4 Å². The van der Waals surface area contributed by atoms with Crippen molar-refractivity contribution in [1.29, 1.82) is 0 Å². The molecule has 1 atom stereocenters. The van der Waals surface area contributed by atoms with E-state index in [9.17, 15) is 14.7 Å². The molecule has 0 saturated heterocycles. The van der Waals surface area contributed by atoms with Crippen LogP contribution in [0.4, 0.5) is 5.69 Å². The number of anilines is 1. The maximum absolute atomic E-state index is 12.6. The number of benzene rings is 1. The normalized spacial score (nSPS) is 17.1. The third-order valence-electron chi connectivity index (χ3n) is 3.54. The smallest absolute Gasteiger partial charge is 0.327 e. The van der Waals surface area contributed by atoms with Gasteiger partial charge in [-0.05, 0) is 24.6 Å². The molecule has 0 spiro atoms. The molecule has 2 heterocycles. The van der Waals surface area contributed by atoms with Crippen molar-refractivity contribution in [3.8, 4) is 0 Å². The number of rotatable bonds is 2. The number of hydrogen-bond donors (Lipinski definition) is 1. The molecule has 3 rings (SSSR count). The van der Waals surface area contributed by atoms with Gasteiger partial charge in [-0.25, -0.2) is 4.79 Å². The van der Waals surface area contributed by atoms with Gasteiger partial charge in [0.25, 0.3) is 5.91 Å². The van der Waals surface area contributed by atoms with Crippen LogP contribution in [0.5, 0.6) is 0 Å². The van der Waals surface area contributed by atoms with E-state index >= 15 is 0 Å². The molecule has 0 bridgehead atoms. The van der Waals surface area contributed by atoms with E-state index < -0.39 is 17.9 Å². The van der Waals surface area contributed by atoms with Crippen LogP contribution in [-0.2, 0) is 11.2 Å². The Kier molecular flexibility index (Phi) is 2.82. The lowest BCUT2D eigenvalue weighted by molar-refractivity contribution is -0.138. The van der Waals surface area contributed by atoms with Gasteiger partial charge in [-0.3, -0.25) is 9.69 Å². The molecular formula is C15H13NO4. The number of carbonyl (C=O) groups excluding carboxylic acids is 1. The molecule has 5 heteroatoms. The van der Waals surface area contributed by atoms with Gasteiger partial charge in [-0.15, -0.1) is 0 Å². The van der Waals surface area contributed by atoms with Crippen LogP contribution >= 0.6 is 0 Å². The summed E-state index contributed by atoms with van der Waals surface area (Å²) in [6.45, 7) is 1.76. The maximum Gasteiger partial charge on any atom is 0.327 e. The second kappa shape index (κ2) is 4.52. The summed E-state index contributed by atoms with van der Waals surface area (Å²) in [5, 5.41) is 9.35. The van der Waals surface area contributed by atoms with Crippen molar-refractivity contribution < 1.29 is 19.1 Å². The average molecular weight is 271 g/mol. The number of aliphatic carboxylic acids is 1. The minimum absolute atomic E-state index is 0.188. The molecule has 1 N–H and O–H groups in total. The van der Waals surface area contributed by atoms with Crippen LogP contribution < -0.4 is 4.90 Å². The number of carbonyl (C=O) groups is 2. The van der Waals surface area contributed by atoms with Gasteiger partial charge in [0, 0.05) is 17.7 Å². The summed E-state index contributed by atoms with van der Waals surface area (Å²) in [5.41, 5.74) is 2.20. The quantitative estimate of drug-likeness (QED) is 0.909. The van der Waals surface area contributed by atoms with E-state index in [1.54, 1.807) is 25.1 Å². The highest BCUT2D eigenvalue weighted by Gasteiger charge is 2.39. The molecule has 1 aliphatic heterocycles. The summed E-state index contributed by atoms with van der Waals surface area (Å²) in [6, 6.07) is 8.03. The number of furan rings is 1. The molecular weight excluding hydrogens is 258 g/mol. The Morgan fingerprint density at radius 3 is 2.70 bits per heavy atom. The first-order chi connectivity index (χ1) is 9.59. The Balaban J connectivity index is 2.07. The minimum atomic E-state index is -1.02. The maximum atomic E-state index is 12.6. The van der Waals surface area contributed by atoms with Gasteiger partial charge in [0.05, 0.1) is 6.26 Å². The zero-order chi connectivity index (χ0) is 14.3. The molecule has 1 amide bonds. The molecule has 0 radical (unpaired) electrons. The van der Waals surface area contributed by atoms with Crippen molar-refractivity contribution in [2.24, 2.45) is 0 Å². The van der Waals surface area contributed by atoms with Crippen LogP contribution in [0, 0.1) is 6.92 Å². The van der Waals surface area contributed by atoms with E-state index in [4.69, 9.17) is 4.42 Å². The zero-order valence-electron chi connectivity index (χ0n) is 10.9. The number of carboxylic acid groups (broad SMARTS) is 1. The van der Waals surface area contributed by atoms with Crippen molar-refractivity contribution >= 4 is 17.6 Å². The van der Waals surface area contributed by atoms with Gasteiger partial charge in [-0.2, -0.15) is 0 Å². The standard InChI is InChI=1S/C15H13NO4/c1-9-6-7-20-13(9)14(17)16-11-5-3-2-4-10(11)8-12(16)15(18)19/h2-7,12H,8H2,1H3,(H,18,19)/t12-/m0/s1. The largest absolute Gasteiger partial charge is 0.480 e. The Bertz CT molecular complexity index is 689. The fourth-order valence-electron chi connectivity index (χ4n) is 2.54. The minimum Gasteiger partial charge on any atom is -0.480 e. The molecule has 1 aliphatic rings. The Labute approximate surface area is 115 Å². The molecule has 1 aromatic heterocycles. The average Bonchev–Trinajstić information content (AvgIpc) is 3.01. The van der Waals surface area contributed by atoms with Crippen molar-refractivity contribution in [2.75, 3.05) is 4.90 Å². The lowest BCUT2D eigenvalue weighted by Gasteiger charge is -2.21. The van der Waals surface area contributed by atoms with Gasteiger partial charge >= 0.3 is 5.97 Å². The first kappa shape index (κ1) is 12.5. The number of carboxylic acids is 1. The monoisotopic (exact) mass is 271 g/mol. The summed E-state index contributed by atoms with van der Waals surface area (Å²) < 4.78 is 5.20. The Morgan fingerprint density at radius 1 is 1.30 bits per heavy atom. The van der Waals surface area contributed by atoms with E-state index in [0.717, 1.165) is 5.56 Å². The highest BCUT2D eigenvalue weighted by Crippen LogP contribution is 2.33. The number of nitrogens with zero attached hydrogens (tertiary/aromatic N) is 1. The molecule has 0 unspecified atom stereocenters. The van der Waals surface area contributed by atoms with E-state index in [1.807, 2.05) is 12.1 Å². The van der Waals surface area contributed by atoms with Crippen molar-refractivity contribution in [3.05, 3.63) is 53.5 Å². The lowest BCUT2D eigenvalue weighted by atomic mass is 10.1. The van der Waals surface area contributed by atoms with Crippen LogP contribution in [0.2, 0.25) is 0 Å². The van der Waals surface area contributed by atoms with Crippen LogP contribution in [0.1, 0.15) is 21.7 Å². The molecule has 0 fully saturated rings. The van der Waals surface area contributed by atoms with Crippen LogP contribution in [0.3, 0.4) is 0 Å². The van der Waals surface area contributed by atoms with Gasteiger partial charge in [0.1, 0.15) is 6.04 Å². The highest BCUT2D eigenvalue weighted by molar-refractivity contribution is 6.10. The van der Waals surface area contributed by atoms with Crippen molar-refractivity contribution in [1.82, 2.24) is 0 Å². The molecule has 1 aromatic carbocycles. The molecule has 0 saturated carbocycles. The van der Waals surface area contributed by atoms with Gasteiger partial charge in [-0.1, -0.05) is 18.2 Å². The number of hydrogen-bond acceptors (Lipinski definition) is 3. The molecule has 0 aliphatic carbocycles. The van der Waals surface area contributed by atoms with Crippen LogP contribution in [-0.4, -0.2) is 23.0 Å². The SMILES string of the molecule is Cc1ccoc1C(=O)N1c2ccccc2C[C@H]1C(=O)O. The lowest BCUT2D eigenvalue weighted by Crippen LogP contribution is -2.42. The predicted molar refractivity (Wildman–Crippen MR) is 71.8 cm³/mol. The summed E-state index contributed by atoms with van der Waals surface area (Å²) >= 11 is 0. The van der Waals surface area contributed by atoms with E-state index in [0.29, 0.717) is 17.7 Å². The third-order valence-corrected chi connectivity index (χ3v) is 3.54. The topological polar surface area (TPSA) is 70.8 Å². The number of para-hydroxylation sites is 1. The van der Waals surface area contributed by atoms with Crippen LogP contribution in [0.25, 0.3) is 0 Å². The fraction of sp³-hybridized carbons (Fsp3) is 0.200. The van der Waals surface area contributed by atoms with Crippen LogP contribution in [0.15, 0.2) is 41.0 Å². The zero-order valence-corrected chi connectivity index (χ0v) is 10.9. The summed E-state index contributed by atoms with van der Waals surface area (Å²) in [4.78, 5) is 25.3. The summed E-state index contributed by atoms with van der Waals surface area (Å²) in [5.74, 6) is -1.24. The Morgan fingerprint density at radius 2 is 2.05 bits per heavy atom. The highest BCUT2D eigenvalue weighted by atomic mass is 16.4. The van der Waals surface area contributed by atoms with Gasteiger partial charge in [0.2, 0.25) is 0 Å². The summed E-state index contributed by atoms with van der Waals surface area (Å²) in [6.07, 6.45) is 1.75. The molecule has 5 nitrogen and oxygen atoms in total.